The molecule has 3 aromatic rings. The zero-order valence-corrected chi connectivity index (χ0v) is 18.0. The van der Waals surface area contributed by atoms with Crippen molar-refractivity contribution in [3.05, 3.63) is 83.9 Å². The quantitative estimate of drug-likeness (QED) is 0.459. The minimum atomic E-state index is -0.714. The summed E-state index contributed by atoms with van der Waals surface area (Å²) in [5.74, 6) is 0.983. The first-order valence-corrected chi connectivity index (χ1v) is 11.5. The number of ether oxygens (including phenoxy) is 1. The minimum absolute atomic E-state index is 0.155. The summed E-state index contributed by atoms with van der Waals surface area (Å²) in [5.41, 5.74) is 2.40. The van der Waals surface area contributed by atoms with Crippen molar-refractivity contribution in [2.45, 2.75) is 41.4 Å². The van der Waals surface area contributed by atoms with Crippen LogP contribution in [0.4, 0.5) is 5.69 Å². The summed E-state index contributed by atoms with van der Waals surface area (Å²) >= 11 is 1.71. The van der Waals surface area contributed by atoms with E-state index in [1.807, 2.05) is 35.2 Å². The maximum absolute atomic E-state index is 13.8. The lowest BCUT2D eigenvalue weighted by molar-refractivity contribution is -0.122. The van der Waals surface area contributed by atoms with Crippen LogP contribution < -0.4 is 9.64 Å². The minimum Gasteiger partial charge on any atom is -0.491 e. The van der Waals surface area contributed by atoms with Gasteiger partial charge >= 0.3 is 0 Å². The number of rotatable bonds is 6. The van der Waals surface area contributed by atoms with E-state index in [1.54, 1.807) is 11.8 Å². The van der Waals surface area contributed by atoms with Gasteiger partial charge in [-0.05, 0) is 42.3 Å². The predicted molar refractivity (Wildman–Crippen MR) is 122 cm³/mol. The van der Waals surface area contributed by atoms with E-state index >= 15 is 0 Å². The van der Waals surface area contributed by atoms with Gasteiger partial charge in [0.05, 0.1) is 0 Å². The first kappa shape index (κ1) is 19.3. The Bertz CT molecular complexity index is 1080. The molecule has 4 heteroatoms. The van der Waals surface area contributed by atoms with Crippen LogP contribution in [0, 0.1) is 0 Å². The third-order valence-corrected chi connectivity index (χ3v) is 7.08. The van der Waals surface area contributed by atoms with Crippen molar-refractivity contribution in [3.63, 3.8) is 0 Å². The number of amides is 1. The molecule has 5 rings (SSSR count). The van der Waals surface area contributed by atoms with Crippen molar-refractivity contribution < 1.29 is 9.53 Å². The van der Waals surface area contributed by atoms with E-state index in [0.717, 1.165) is 53.3 Å². The summed E-state index contributed by atoms with van der Waals surface area (Å²) in [7, 11) is 0. The number of hydrogen-bond acceptors (Lipinski definition) is 3. The molecule has 1 unspecified atom stereocenters. The Morgan fingerprint density at radius 2 is 1.73 bits per heavy atom. The summed E-state index contributed by atoms with van der Waals surface area (Å²) in [6.07, 6.45) is 3.29. The maximum Gasteiger partial charge on any atom is 0.245 e. The zero-order chi connectivity index (χ0) is 20.6. The zero-order valence-electron chi connectivity index (χ0n) is 17.1. The Kier molecular flexibility index (Phi) is 5.03. The SMILES string of the molecule is CCCCCN1C(=O)C2(COc3cc(Sc4ccccc4)ccc32)c2ccccc21. The van der Waals surface area contributed by atoms with Crippen molar-refractivity contribution in [2.75, 3.05) is 18.1 Å². The number of para-hydroxylation sites is 1. The van der Waals surface area contributed by atoms with Crippen molar-refractivity contribution in [1.29, 1.82) is 0 Å². The van der Waals surface area contributed by atoms with Gasteiger partial charge in [0.2, 0.25) is 5.91 Å². The number of fused-ring (bicyclic) bond motifs is 4. The fourth-order valence-corrected chi connectivity index (χ4v) is 5.46. The molecule has 2 aliphatic rings. The number of benzene rings is 3. The van der Waals surface area contributed by atoms with E-state index in [0.29, 0.717) is 6.61 Å². The Balaban J connectivity index is 1.51. The van der Waals surface area contributed by atoms with Crippen molar-refractivity contribution >= 4 is 23.4 Å². The van der Waals surface area contributed by atoms with E-state index in [2.05, 4.69) is 49.4 Å². The lowest BCUT2D eigenvalue weighted by Gasteiger charge is -2.23. The van der Waals surface area contributed by atoms with E-state index in [1.165, 1.54) is 4.90 Å². The van der Waals surface area contributed by atoms with Gasteiger partial charge in [-0.2, -0.15) is 0 Å². The summed E-state index contributed by atoms with van der Waals surface area (Å²) in [5, 5.41) is 0. The maximum atomic E-state index is 13.8. The van der Waals surface area contributed by atoms with E-state index in [4.69, 9.17) is 4.74 Å². The van der Waals surface area contributed by atoms with Gasteiger partial charge in [0.25, 0.3) is 0 Å². The highest BCUT2D eigenvalue weighted by Gasteiger charge is 2.56. The van der Waals surface area contributed by atoms with Crippen LogP contribution in [-0.2, 0) is 10.2 Å². The smallest absolute Gasteiger partial charge is 0.245 e. The molecule has 0 radical (unpaired) electrons. The summed E-state index contributed by atoms with van der Waals surface area (Å²) in [4.78, 5) is 18.1. The van der Waals surface area contributed by atoms with E-state index < -0.39 is 5.41 Å². The second-order valence-corrected chi connectivity index (χ2v) is 9.10. The molecule has 0 fully saturated rings. The first-order valence-electron chi connectivity index (χ1n) is 10.7. The molecule has 0 aromatic heterocycles. The van der Waals surface area contributed by atoms with Crippen molar-refractivity contribution in [3.8, 4) is 5.75 Å². The lowest BCUT2D eigenvalue weighted by atomic mass is 9.77. The number of hydrogen-bond donors (Lipinski definition) is 0. The highest BCUT2D eigenvalue weighted by Crippen LogP contribution is 2.53. The molecule has 2 aliphatic heterocycles. The topological polar surface area (TPSA) is 29.5 Å². The fourth-order valence-electron chi connectivity index (χ4n) is 4.59. The molecule has 152 valence electrons. The molecule has 1 atom stereocenters. The standard InChI is InChI=1S/C26H25NO2S/c1-2-3-9-16-27-23-13-8-7-12-21(23)26(25(27)28)18-29-24-17-20(14-15-22(24)26)30-19-10-5-4-6-11-19/h4-8,10-15,17H,2-3,9,16,18H2,1H3. The molecule has 0 saturated heterocycles. The van der Waals surface area contributed by atoms with Crippen molar-refractivity contribution in [2.24, 2.45) is 0 Å². The van der Waals surface area contributed by atoms with Gasteiger partial charge in [-0.1, -0.05) is 74.0 Å². The second kappa shape index (κ2) is 7.84. The molecular weight excluding hydrogens is 390 g/mol. The molecule has 2 heterocycles. The predicted octanol–water partition coefficient (Wildman–Crippen LogP) is 6.05. The third kappa shape index (κ3) is 3.02. The second-order valence-electron chi connectivity index (χ2n) is 7.95. The van der Waals surface area contributed by atoms with Gasteiger partial charge in [0.1, 0.15) is 17.8 Å². The molecule has 0 N–H and O–H groups in total. The largest absolute Gasteiger partial charge is 0.491 e. The van der Waals surface area contributed by atoms with E-state index in [-0.39, 0.29) is 5.91 Å². The molecule has 0 aliphatic carbocycles. The molecule has 0 saturated carbocycles. The molecule has 1 amide bonds. The molecule has 1 spiro atoms. The van der Waals surface area contributed by atoms with Crippen LogP contribution in [0.5, 0.6) is 5.75 Å². The molecule has 3 aromatic carbocycles. The number of carbonyl (C=O) groups is 1. The van der Waals surface area contributed by atoms with Gasteiger partial charge in [-0.15, -0.1) is 0 Å². The monoisotopic (exact) mass is 415 g/mol. The Morgan fingerprint density at radius 1 is 0.933 bits per heavy atom. The van der Waals surface area contributed by atoms with Crippen LogP contribution in [-0.4, -0.2) is 19.1 Å². The number of carbonyl (C=O) groups excluding carboxylic acids is 1. The lowest BCUT2D eigenvalue weighted by Crippen LogP contribution is -2.42. The molecular formula is C26H25NO2S. The normalized spacial score (nSPS) is 19.1. The Morgan fingerprint density at radius 3 is 2.57 bits per heavy atom. The van der Waals surface area contributed by atoms with Crippen LogP contribution in [0.2, 0.25) is 0 Å². The van der Waals surface area contributed by atoms with Crippen LogP contribution in [0.1, 0.15) is 37.3 Å². The van der Waals surface area contributed by atoms with Gasteiger partial charge in [0.15, 0.2) is 0 Å². The number of nitrogens with zero attached hydrogens (tertiary/aromatic N) is 1. The first-order chi connectivity index (χ1) is 14.7. The van der Waals surface area contributed by atoms with Gasteiger partial charge in [0, 0.05) is 27.6 Å². The highest BCUT2D eigenvalue weighted by atomic mass is 32.2. The number of unbranched alkanes of at least 4 members (excludes halogenated alkanes) is 2. The summed E-state index contributed by atoms with van der Waals surface area (Å²) in [6.45, 7) is 3.33. The fraction of sp³-hybridized carbons (Fsp3) is 0.269. The molecule has 0 bridgehead atoms. The van der Waals surface area contributed by atoms with E-state index in [9.17, 15) is 4.79 Å². The summed E-state index contributed by atoms with van der Waals surface area (Å²) < 4.78 is 6.16. The average molecular weight is 416 g/mol. The highest BCUT2D eigenvalue weighted by molar-refractivity contribution is 7.99. The Hall–Kier alpha value is -2.72. The molecule has 30 heavy (non-hydrogen) atoms. The van der Waals surface area contributed by atoms with Crippen molar-refractivity contribution in [1.82, 2.24) is 0 Å². The van der Waals surface area contributed by atoms with Crippen LogP contribution in [0.3, 0.4) is 0 Å². The average Bonchev–Trinajstić information content (AvgIpc) is 3.27. The van der Waals surface area contributed by atoms with Gasteiger partial charge < -0.3 is 9.64 Å². The van der Waals surface area contributed by atoms with Crippen LogP contribution >= 0.6 is 11.8 Å². The summed E-state index contributed by atoms with van der Waals surface area (Å²) in [6, 6.07) is 24.8. The van der Waals surface area contributed by atoms with Crippen LogP contribution in [0.25, 0.3) is 0 Å². The number of anilines is 1. The van der Waals surface area contributed by atoms with Gasteiger partial charge in [-0.3, -0.25) is 4.79 Å². The van der Waals surface area contributed by atoms with Crippen LogP contribution in [0.15, 0.2) is 82.6 Å². The molecule has 3 nitrogen and oxygen atoms in total. The third-order valence-electron chi connectivity index (χ3n) is 6.09. The Labute approximate surface area is 182 Å². The van der Waals surface area contributed by atoms with Gasteiger partial charge in [-0.25, -0.2) is 0 Å².